The molecule has 0 radical (unpaired) electrons. The standard InChI is InChI=1S/C11H15F3N2S/c12-11(13,14)8-9(10-2-1-7-17-10)16-5-3-15-4-6-16/h1-2,7,9,15H,3-6,8H2/t9-/m0/s1. The number of halogens is 3. The van der Waals surface area contributed by atoms with Crippen molar-refractivity contribution in [3.05, 3.63) is 22.4 Å². The minimum absolute atomic E-state index is 0.517. The van der Waals surface area contributed by atoms with Crippen molar-refractivity contribution in [2.45, 2.75) is 18.6 Å². The van der Waals surface area contributed by atoms with Gasteiger partial charge in [0.25, 0.3) is 0 Å². The predicted octanol–water partition coefficient (Wildman–Crippen LogP) is 2.65. The molecule has 0 saturated carbocycles. The molecule has 1 N–H and O–H groups in total. The third-order valence-electron chi connectivity index (χ3n) is 2.89. The van der Waals surface area contributed by atoms with E-state index in [4.69, 9.17) is 0 Å². The molecule has 96 valence electrons. The molecule has 0 spiro atoms. The van der Waals surface area contributed by atoms with Gasteiger partial charge in [-0.25, -0.2) is 0 Å². The van der Waals surface area contributed by atoms with Gasteiger partial charge >= 0.3 is 6.18 Å². The van der Waals surface area contributed by atoms with Crippen molar-refractivity contribution in [3.8, 4) is 0 Å². The highest BCUT2D eigenvalue weighted by molar-refractivity contribution is 7.10. The molecule has 0 aliphatic carbocycles. The summed E-state index contributed by atoms with van der Waals surface area (Å²) in [5.74, 6) is 0. The zero-order chi connectivity index (χ0) is 12.3. The lowest BCUT2D eigenvalue weighted by molar-refractivity contribution is -0.148. The lowest BCUT2D eigenvalue weighted by atomic mass is 10.1. The quantitative estimate of drug-likeness (QED) is 0.903. The second kappa shape index (κ2) is 5.37. The van der Waals surface area contributed by atoms with Gasteiger partial charge in [-0.05, 0) is 11.4 Å². The summed E-state index contributed by atoms with van der Waals surface area (Å²) >= 11 is 1.40. The van der Waals surface area contributed by atoms with Crippen LogP contribution in [0.4, 0.5) is 13.2 Å². The van der Waals surface area contributed by atoms with Gasteiger partial charge in [0.2, 0.25) is 0 Å². The average Bonchev–Trinajstić information content (AvgIpc) is 2.79. The van der Waals surface area contributed by atoms with E-state index in [1.54, 1.807) is 6.07 Å². The van der Waals surface area contributed by atoms with Gasteiger partial charge in [0.1, 0.15) is 0 Å². The number of hydrogen-bond acceptors (Lipinski definition) is 3. The first-order chi connectivity index (χ1) is 8.06. The molecule has 0 amide bonds. The lowest BCUT2D eigenvalue weighted by Gasteiger charge is -2.34. The van der Waals surface area contributed by atoms with E-state index < -0.39 is 18.6 Å². The van der Waals surface area contributed by atoms with Crippen LogP contribution in [0.2, 0.25) is 0 Å². The first kappa shape index (κ1) is 12.9. The molecule has 1 saturated heterocycles. The monoisotopic (exact) mass is 264 g/mol. The Morgan fingerprint density at radius 1 is 1.35 bits per heavy atom. The van der Waals surface area contributed by atoms with Crippen LogP contribution in [0.1, 0.15) is 17.3 Å². The minimum Gasteiger partial charge on any atom is -0.314 e. The molecular weight excluding hydrogens is 249 g/mol. The first-order valence-corrected chi connectivity index (χ1v) is 6.49. The maximum absolute atomic E-state index is 12.6. The summed E-state index contributed by atoms with van der Waals surface area (Å²) in [5, 5.41) is 4.99. The summed E-state index contributed by atoms with van der Waals surface area (Å²) in [6.07, 6.45) is -4.87. The molecule has 2 rings (SSSR count). The number of piperazine rings is 1. The topological polar surface area (TPSA) is 15.3 Å². The Kier molecular flexibility index (Phi) is 4.06. The molecule has 6 heteroatoms. The van der Waals surface area contributed by atoms with Crippen LogP contribution in [0.25, 0.3) is 0 Å². The SMILES string of the molecule is FC(F)(F)C[C@@H](c1cccs1)N1CCNCC1. The van der Waals surface area contributed by atoms with E-state index in [2.05, 4.69) is 5.32 Å². The molecule has 17 heavy (non-hydrogen) atoms. The van der Waals surface area contributed by atoms with Crippen LogP contribution in [0, 0.1) is 0 Å². The summed E-state index contributed by atoms with van der Waals surface area (Å²) in [4.78, 5) is 2.74. The van der Waals surface area contributed by atoms with Gasteiger partial charge in [-0.2, -0.15) is 13.2 Å². The van der Waals surface area contributed by atoms with Gasteiger partial charge in [0.15, 0.2) is 0 Å². The van der Waals surface area contributed by atoms with Crippen LogP contribution in [-0.4, -0.2) is 37.3 Å². The molecule has 1 aromatic heterocycles. The van der Waals surface area contributed by atoms with E-state index in [9.17, 15) is 13.2 Å². The fraction of sp³-hybridized carbons (Fsp3) is 0.636. The maximum Gasteiger partial charge on any atom is 0.390 e. The van der Waals surface area contributed by atoms with E-state index in [0.717, 1.165) is 18.0 Å². The van der Waals surface area contributed by atoms with Crippen molar-refractivity contribution in [2.24, 2.45) is 0 Å². The van der Waals surface area contributed by atoms with E-state index in [-0.39, 0.29) is 0 Å². The van der Waals surface area contributed by atoms with Crippen LogP contribution >= 0.6 is 11.3 Å². The van der Waals surface area contributed by atoms with Crippen LogP contribution < -0.4 is 5.32 Å². The zero-order valence-electron chi connectivity index (χ0n) is 9.33. The van der Waals surface area contributed by atoms with Gasteiger partial charge in [0.05, 0.1) is 12.5 Å². The minimum atomic E-state index is -4.11. The maximum atomic E-state index is 12.6. The molecule has 0 bridgehead atoms. The normalized spacial score (nSPS) is 20.4. The highest BCUT2D eigenvalue weighted by Crippen LogP contribution is 2.35. The van der Waals surface area contributed by atoms with Crippen LogP contribution in [0.15, 0.2) is 17.5 Å². The summed E-state index contributed by atoms with van der Waals surface area (Å²) < 4.78 is 37.8. The Morgan fingerprint density at radius 3 is 2.59 bits per heavy atom. The fourth-order valence-corrected chi connectivity index (χ4v) is 2.96. The van der Waals surface area contributed by atoms with E-state index in [0.29, 0.717) is 13.1 Å². The molecule has 2 nitrogen and oxygen atoms in total. The summed E-state index contributed by atoms with van der Waals surface area (Å²) in [5.41, 5.74) is 0. The third kappa shape index (κ3) is 3.69. The number of hydrogen-bond donors (Lipinski definition) is 1. The Morgan fingerprint density at radius 2 is 2.06 bits per heavy atom. The molecule has 1 aromatic rings. The Labute approximate surface area is 102 Å². The molecule has 0 unspecified atom stereocenters. The van der Waals surface area contributed by atoms with Crippen molar-refractivity contribution in [1.29, 1.82) is 0 Å². The Hall–Kier alpha value is -0.590. The second-order valence-corrected chi connectivity index (χ2v) is 5.12. The molecule has 1 aliphatic heterocycles. The van der Waals surface area contributed by atoms with Crippen molar-refractivity contribution in [3.63, 3.8) is 0 Å². The van der Waals surface area contributed by atoms with Crippen molar-refractivity contribution < 1.29 is 13.2 Å². The molecule has 1 fully saturated rings. The van der Waals surface area contributed by atoms with Crippen LogP contribution in [0.3, 0.4) is 0 Å². The number of thiophene rings is 1. The summed E-state index contributed by atoms with van der Waals surface area (Å²) in [6, 6.07) is 3.09. The molecule has 0 aromatic carbocycles. The van der Waals surface area contributed by atoms with E-state index >= 15 is 0 Å². The van der Waals surface area contributed by atoms with E-state index in [1.807, 2.05) is 16.3 Å². The van der Waals surface area contributed by atoms with Crippen LogP contribution in [-0.2, 0) is 0 Å². The summed E-state index contributed by atoms with van der Waals surface area (Å²) in [7, 11) is 0. The highest BCUT2D eigenvalue weighted by atomic mass is 32.1. The van der Waals surface area contributed by atoms with Gasteiger partial charge in [-0.3, -0.25) is 4.90 Å². The van der Waals surface area contributed by atoms with Gasteiger partial charge in [0, 0.05) is 31.1 Å². The zero-order valence-corrected chi connectivity index (χ0v) is 10.2. The van der Waals surface area contributed by atoms with Gasteiger partial charge in [-0.15, -0.1) is 11.3 Å². The van der Waals surface area contributed by atoms with Gasteiger partial charge < -0.3 is 5.32 Å². The highest BCUT2D eigenvalue weighted by Gasteiger charge is 2.36. The number of alkyl halides is 3. The molecular formula is C11H15F3N2S. The van der Waals surface area contributed by atoms with Crippen molar-refractivity contribution in [1.82, 2.24) is 10.2 Å². The molecule has 1 atom stereocenters. The largest absolute Gasteiger partial charge is 0.390 e. The van der Waals surface area contributed by atoms with Crippen molar-refractivity contribution >= 4 is 11.3 Å². The second-order valence-electron chi connectivity index (χ2n) is 4.14. The number of nitrogens with zero attached hydrogens (tertiary/aromatic N) is 1. The lowest BCUT2D eigenvalue weighted by Crippen LogP contribution is -2.45. The van der Waals surface area contributed by atoms with E-state index in [1.165, 1.54) is 11.3 Å². The Bertz CT molecular complexity index is 331. The smallest absolute Gasteiger partial charge is 0.314 e. The first-order valence-electron chi connectivity index (χ1n) is 5.61. The molecule has 2 heterocycles. The third-order valence-corrected chi connectivity index (χ3v) is 3.86. The predicted molar refractivity (Wildman–Crippen MR) is 62.2 cm³/mol. The molecule has 1 aliphatic rings. The Balaban J connectivity index is 2.12. The van der Waals surface area contributed by atoms with Crippen molar-refractivity contribution in [2.75, 3.05) is 26.2 Å². The number of nitrogens with one attached hydrogen (secondary N) is 1. The summed E-state index contributed by atoms with van der Waals surface area (Å²) in [6.45, 7) is 2.89. The average molecular weight is 264 g/mol. The number of rotatable bonds is 3. The fourth-order valence-electron chi connectivity index (χ4n) is 2.10. The van der Waals surface area contributed by atoms with Gasteiger partial charge in [-0.1, -0.05) is 6.07 Å². The van der Waals surface area contributed by atoms with Crippen LogP contribution in [0.5, 0.6) is 0 Å².